The molecule has 4 rings (SSSR count). The van der Waals surface area contributed by atoms with Gasteiger partial charge < -0.3 is 19.7 Å². The largest absolute Gasteiger partial charge is 0.477 e. The molecule has 0 spiro atoms. The molecule has 0 bridgehead atoms. The number of aromatic nitrogens is 1. The summed E-state index contributed by atoms with van der Waals surface area (Å²) in [5.74, 6) is -1.05. The van der Waals surface area contributed by atoms with Crippen LogP contribution in [0.4, 0.5) is 4.79 Å². The number of carbonyl (C=O) groups is 2. The maximum absolute atomic E-state index is 12.2. The normalized spacial score (nSPS) is 10.8. The van der Waals surface area contributed by atoms with Gasteiger partial charge in [-0.25, -0.2) is 9.59 Å². The van der Waals surface area contributed by atoms with Gasteiger partial charge in [0.2, 0.25) is 0 Å². The number of fused-ring (bicyclic) bond motifs is 1. The lowest BCUT2D eigenvalue weighted by atomic mass is 10.1. The van der Waals surface area contributed by atoms with Crippen molar-refractivity contribution in [3.8, 4) is 11.3 Å². The number of nitrogens with zero attached hydrogens (tertiary/aromatic N) is 1. The Morgan fingerprint density at radius 1 is 0.938 bits per heavy atom. The molecule has 0 saturated heterocycles. The first kappa shape index (κ1) is 21.5. The number of alkyl carbamates (subject to hydrolysis) is 1. The van der Waals surface area contributed by atoms with E-state index < -0.39 is 12.1 Å². The van der Waals surface area contributed by atoms with Gasteiger partial charge in [-0.3, -0.25) is 0 Å². The monoisotopic (exact) mass is 448 g/mol. The zero-order valence-electron chi connectivity index (χ0n) is 17.1. The predicted octanol–water partition coefficient (Wildman–Crippen LogP) is 5.59. The Morgan fingerprint density at radius 2 is 1.62 bits per heavy atom. The molecule has 0 aliphatic carbocycles. The smallest absolute Gasteiger partial charge is 0.407 e. The Labute approximate surface area is 190 Å². The lowest BCUT2D eigenvalue weighted by molar-refractivity contribution is 0.0687. The zero-order chi connectivity index (χ0) is 22.5. The van der Waals surface area contributed by atoms with Crippen LogP contribution in [0.15, 0.2) is 78.9 Å². The molecule has 6 nitrogen and oxygen atoms in total. The number of aromatic carboxylic acids is 1. The minimum atomic E-state index is -1.05. The van der Waals surface area contributed by atoms with Crippen molar-refractivity contribution in [3.05, 3.63) is 95.1 Å². The minimum absolute atomic E-state index is 0.148. The number of hydrogen-bond acceptors (Lipinski definition) is 3. The molecule has 7 heteroatoms. The quantitative estimate of drug-likeness (QED) is 0.386. The fourth-order valence-corrected chi connectivity index (χ4v) is 3.90. The van der Waals surface area contributed by atoms with Gasteiger partial charge in [0.05, 0.1) is 5.69 Å². The summed E-state index contributed by atoms with van der Waals surface area (Å²) in [6.07, 6.45) is -0.563. The average Bonchev–Trinajstić information content (AvgIpc) is 3.12. The number of hydrogen-bond donors (Lipinski definition) is 2. The molecule has 0 fully saturated rings. The first-order chi connectivity index (χ1) is 15.5. The van der Waals surface area contributed by atoms with E-state index in [-0.39, 0.29) is 25.4 Å². The number of amides is 1. The first-order valence-corrected chi connectivity index (χ1v) is 10.5. The van der Waals surface area contributed by atoms with Crippen LogP contribution in [0.25, 0.3) is 22.0 Å². The van der Waals surface area contributed by atoms with Gasteiger partial charge in [0.1, 0.15) is 12.3 Å². The Hall–Kier alpha value is -3.77. The molecular weight excluding hydrogens is 428 g/mol. The molecule has 32 heavy (non-hydrogen) atoms. The van der Waals surface area contributed by atoms with E-state index in [9.17, 15) is 14.7 Å². The third-order valence-corrected chi connectivity index (χ3v) is 5.33. The molecule has 0 saturated carbocycles. The summed E-state index contributed by atoms with van der Waals surface area (Å²) < 4.78 is 6.94. The number of ether oxygens (including phenoxy) is 1. The molecular formula is C25H21ClN2O4. The summed E-state index contributed by atoms with van der Waals surface area (Å²) in [5, 5.41) is 14.5. The summed E-state index contributed by atoms with van der Waals surface area (Å²) in [4.78, 5) is 24.3. The van der Waals surface area contributed by atoms with Gasteiger partial charge in [-0.1, -0.05) is 78.3 Å². The van der Waals surface area contributed by atoms with Crippen molar-refractivity contribution in [1.82, 2.24) is 9.88 Å². The van der Waals surface area contributed by atoms with Gasteiger partial charge >= 0.3 is 12.1 Å². The number of benzene rings is 3. The van der Waals surface area contributed by atoms with E-state index in [1.54, 1.807) is 22.8 Å². The highest BCUT2D eigenvalue weighted by Gasteiger charge is 2.23. The van der Waals surface area contributed by atoms with Crippen molar-refractivity contribution >= 4 is 34.4 Å². The molecule has 1 heterocycles. The molecule has 2 N–H and O–H groups in total. The molecule has 1 aromatic heterocycles. The molecule has 1 amide bonds. The van der Waals surface area contributed by atoms with E-state index in [0.717, 1.165) is 22.2 Å². The highest BCUT2D eigenvalue weighted by molar-refractivity contribution is 6.31. The van der Waals surface area contributed by atoms with Crippen LogP contribution in [0.5, 0.6) is 0 Å². The summed E-state index contributed by atoms with van der Waals surface area (Å²) in [7, 11) is 0. The Bertz CT molecular complexity index is 1250. The highest BCUT2D eigenvalue weighted by atomic mass is 35.5. The lowest BCUT2D eigenvalue weighted by Gasteiger charge is -2.13. The number of carboxylic acids is 1. The molecule has 4 aromatic rings. The van der Waals surface area contributed by atoms with E-state index in [4.69, 9.17) is 16.3 Å². The van der Waals surface area contributed by atoms with Crippen LogP contribution in [0.2, 0.25) is 5.02 Å². The Morgan fingerprint density at radius 3 is 2.31 bits per heavy atom. The van der Waals surface area contributed by atoms with Crippen molar-refractivity contribution in [2.24, 2.45) is 0 Å². The van der Waals surface area contributed by atoms with E-state index in [0.29, 0.717) is 10.4 Å². The number of halogens is 1. The Balaban J connectivity index is 1.59. The summed E-state index contributed by atoms with van der Waals surface area (Å²) in [6, 6.07) is 24.0. The molecule has 3 aromatic carbocycles. The van der Waals surface area contributed by atoms with Crippen LogP contribution >= 0.6 is 11.6 Å². The zero-order valence-corrected chi connectivity index (χ0v) is 17.9. The number of carbonyl (C=O) groups excluding carboxylic acids is 1. The molecule has 0 aliphatic heterocycles. The van der Waals surface area contributed by atoms with E-state index in [1.807, 2.05) is 60.7 Å². The van der Waals surface area contributed by atoms with E-state index in [1.165, 1.54) is 0 Å². The average molecular weight is 449 g/mol. The topological polar surface area (TPSA) is 80.6 Å². The minimum Gasteiger partial charge on any atom is -0.477 e. The van der Waals surface area contributed by atoms with Crippen LogP contribution in [0, 0.1) is 0 Å². The summed E-state index contributed by atoms with van der Waals surface area (Å²) >= 11 is 6.22. The maximum Gasteiger partial charge on any atom is 0.407 e. The number of carboxylic acid groups (broad SMARTS) is 1. The number of nitrogens with one attached hydrogen (secondary N) is 1. The van der Waals surface area contributed by atoms with Crippen molar-refractivity contribution in [3.63, 3.8) is 0 Å². The second-order valence-electron chi connectivity index (χ2n) is 7.20. The standard InChI is InChI=1S/C25H21ClN2O4/c26-19-11-12-20-21(15-19)22(18-9-5-2-6-10-18)28(23(20)24(29)30)14-13-27-25(31)32-16-17-7-3-1-4-8-17/h1-12,15H,13-14,16H2,(H,27,31)(H,29,30). The molecule has 162 valence electrons. The molecule has 0 aliphatic rings. The Kier molecular flexibility index (Phi) is 6.42. The number of rotatable bonds is 7. The highest BCUT2D eigenvalue weighted by Crippen LogP contribution is 2.35. The van der Waals surface area contributed by atoms with E-state index >= 15 is 0 Å². The van der Waals surface area contributed by atoms with Crippen molar-refractivity contribution < 1.29 is 19.4 Å². The van der Waals surface area contributed by atoms with Crippen molar-refractivity contribution in [2.75, 3.05) is 6.54 Å². The maximum atomic E-state index is 12.2. The fourth-order valence-electron chi connectivity index (χ4n) is 3.73. The SMILES string of the molecule is O=C(NCCn1c(C(=O)O)c2ccc(Cl)cc2c1-c1ccccc1)OCc1ccccc1. The molecule has 0 radical (unpaired) electrons. The third kappa shape index (κ3) is 4.60. The van der Waals surface area contributed by atoms with Gasteiger partial charge in [0, 0.05) is 28.9 Å². The summed E-state index contributed by atoms with van der Waals surface area (Å²) in [5.41, 5.74) is 2.63. The first-order valence-electron chi connectivity index (χ1n) is 10.1. The van der Waals surface area contributed by atoms with Gasteiger partial charge in [0.15, 0.2) is 0 Å². The molecule has 0 atom stereocenters. The van der Waals surface area contributed by atoms with Crippen LogP contribution < -0.4 is 5.32 Å². The summed E-state index contributed by atoms with van der Waals surface area (Å²) in [6.45, 7) is 0.606. The van der Waals surface area contributed by atoms with E-state index in [2.05, 4.69) is 5.32 Å². The van der Waals surface area contributed by atoms with Crippen LogP contribution in [-0.4, -0.2) is 28.3 Å². The predicted molar refractivity (Wildman–Crippen MR) is 124 cm³/mol. The second-order valence-corrected chi connectivity index (χ2v) is 7.63. The molecule has 0 unspecified atom stereocenters. The fraction of sp³-hybridized carbons (Fsp3) is 0.120. The van der Waals surface area contributed by atoms with Crippen LogP contribution in [-0.2, 0) is 17.9 Å². The second kappa shape index (κ2) is 9.58. The van der Waals surface area contributed by atoms with Crippen molar-refractivity contribution in [2.45, 2.75) is 13.2 Å². The van der Waals surface area contributed by atoms with Crippen LogP contribution in [0.1, 0.15) is 16.1 Å². The van der Waals surface area contributed by atoms with Gasteiger partial charge in [-0.15, -0.1) is 0 Å². The van der Waals surface area contributed by atoms with Gasteiger partial charge in [0.25, 0.3) is 0 Å². The lowest BCUT2D eigenvalue weighted by Crippen LogP contribution is -2.28. The van der Waals surface area contributed by atoms with Crippen molar-refractivity contribution in [1.29, 1.82) is 0 Å². The van der Waals surface area contributed by atoms with Gasteiger partial charge in [-0.05, 0) is 23.3 Å². The van der Waals surface area contributed by atoms with Gasteiger partial charge in [-0.2, -0.15) is 0 Å². The third-order valence-electron chi connectivity index (χ3n) is 5.10. The van der Waals surface area contributed by atoms with Crippen LogP contribution in [0.3, 0.4) is 0 Å².